The van der Waals surface area contributed by atoms with Crippen LogP contribution in [0.25, 0.3) is 0 Å². The van der Waals surface area contributed by atoms with Crippen LogP contribution in [0, 0.1) is 5.82 Å². The molecule has 2 rings (SSSR count). The number of halogens is 3. The van der Waals surface area contributed by atoms with Crippen LogP contribution in [0.15, 0.2) is 47.4 Å². The van der Waals surface area contributed by atoms with Gasteiger partial charge in [0, 0.05) is 26.7 Å². The Hall–Kier alpha value is -0.740. The Labute approximate surface area is 138 Å². The average Bonchev–Trinajstić information content (AvgIpc) is 2.46. The molecule has 21 heavy (non-hydrogen) atoms. The molecule has 0 aliphatic carbocycles. The van der Waals surface area contributed by atoms with Gasteiger partial charge in [-0.25, -0.2) is 4.39 Å². The van der Waals surface area contributed by atoms with Gasteiger partial charge in [-0.1, -0.05) is 35.3 Å². The van der Waals surface area contributed by atoms with Crippen molar-refractivity contribution in [2.45, 2.75) is 17.4 Å². The van der Waals surface area contributed by atoms with Crippen molar-refractivity contribution < 1.29 is 4.39 Å². The average molecular weight is 344 g/mol. The highest BCUT2D eigenvalue weighted by molar-refractivity contribution is 7.99. The molecule has 0 aliphatic rings. The van der Waals surface area contributed by atoms with E-state index in [1.165, 1.54) is 6.07 Å². The zero-order valence-electron chi connectivity index (χ0n) is 11.6. The normalized spacial score (nSPS) is 12.4. The summed E-state index contributed by atoms with van der Waals surface area (Å²) in [4.78, 5) is 0.917. The van der Waals surface area contributed by atoms with E-state index in [-0.39, 0.29) is 11.9 Å². The minimum absolute atomic E-state index is 0.204. The van der Waals surface area contributed by atoms with E-state index in [0.29, 0.717) is 10.0 Å². The van der Waals surface area contributed by atoms with Crippen LogP contribution in [-0.4, -0.2) is 18.8 Å². The van der Waals surface area contributed by atoms with Crippen molar-refractivity contribution in [1.29, 1.82) is 0 Å². The molecule has 0 aromatic heterocycles. The Bertz CT molecular complexity index is 586. The van der Waals surface area contributed by atoms with E-state index in [1.54, 1.807) is 23.9 Å². The second-order valence-electron chi connectivity index (χ2n) is 4.66. The van der Waals surface area contributed by atoms with Crippen LogP contribution in [0.2, 0.25) is 10.0 Å². The van der Waals surface area contributed by atoms with Gasteiger partial charge in [-0.3, -0.25) is 0 Å². The van der Waals surface area contributed by atoms with Crippen molar-refractivity contribution in [1.82, 2.24) is 5.32 Å². The molecule has 0 bridgehead atoms. The maximum absolute atomic E-state index is 13.2. The van der Waals surface area contributed by atoms with Crippen LogP contribution in [0.5, 0.6) is 0 Å². The van der Waals surface area contributed by atoms with Gasteiger partial charge >= 0.3 is 0 Å². The highest BCUT2D eigenvalue weighted by atomic mass is 35.5. The maximum atomic E-state index is 13.2. The smallest absolute Gasteiger partial charge is 0.124 e. The molecular formula is C16H16Cl2FNS. The molecule has 0 aliphatic heterocycles. The zero-order valence-corrected chi connectivity index (χ0v) is 13.9. The number of hydrogen-bond acceptors (Lipinski definition) is 2. The van der Waals surface area contributed by atoms with Crippen molar-refractivity contribution in [3.8, 4) is 0 Å². The summed E-state index contributed by atoms with van der Waals surface area (Å²) in [5, 5.41) is 4.62. The van der Waals surface area contributed by atoms with Gasteiger partial charge in [0.05, 0.1) is 0 Å². The summed E-state index contributed by atoms with van der Waals surface area (Å²) in [6.07, 6.45) is 0.733. The first-order valence-corrected chi connectivity index (χ1v) is 8.33. The van der Waals surface area contributed by atoms with E-state index in [9.17, 15) is 4.39 Å². The highest BCUT2D eigenvalue weighted by Gasteiger charge is 2.13. The third-order valence-corrected chi connectivity index (χ3v) is 5.03. The second kappa shape index (κ2) is 8.04. The van der Waals surface area contributed by atoms with Crippen LogP contribution in [0.4, 0.5) is 4.39 Å². The molecular weight excluding hydrogens is 328 g/mol. The standard InChI is InChI=1S/C16H16Cl2FNS/c1-20-12(9-14-15(17)6-3-7-16(14)18)10-21-13-5-2-4-11(19)8-13/h2-8,12,20H,9-10H2,1H3. The fourth-order valence-corrected chi connectivity index (χ4v) is 3.57. The van der Waals surface area contributed by atoms with Crippen LogP contribution in [-0.2, 0) is 6.42 Å². The van der Waals surface area contributed by atoms with E-state index >= 15 is 0 Å². The highest BCUT2D eigenvalue weighted by Crippen LogP contribution is 2.27. The summed E-state index contributed by atoms with van der Waals surface area (Å²) in [5.74, 6) is 0.594. The van der Waals surface area contributed by atoms with Crippen molar-refractivity contribution in [2.75, 3.05) is 12.8 Å². The van der Waals surface area contributed by atoms with Gasteiger partial charge < -0.3 is 5.32 Å². The second-order valence-corrected chi connectivity index (χ2v) is 6.57. The van der Waals surface area contributed by atoms with E-state index in [4.69, 9.17) is 23.2 Å². The van der Waals surface area contributed by atoms with Crippen molar-refractivity contribution in [3.05, 3.63) is 63.9 Å². The first-order chi connectivity index (χ1) is 10.1. The zero-order chi connectivity index (χ0) is 15.2. The predicted molar refractivity (Wildman–Crippen MR) is 90.1 cm³/mol. The number of rotatable bonds is 6. The van der Waals surface area contributed by atoms with Gasteiger partial charge in [-0.2, -0.15) is 0 Å². The molecule has 1 nitrogen and oxygen atoms in total. The summed E-state index contributed by atoms with van der Waals surface area (Å²) in [6.45, 7) is 0. The SMILES string of the molecule is CNC(CSc1cccc(F)c1)Cc1c(Cl)cccc1Cl. The first kappa shape index (κ1) is 16.6. The number of hydrogen-bond donors (Lipinski definition) is 1. The fraction of sp³-hybridized carbons (Fsp3) is 0.250. The summed E-state index contributed by atoms with van der Waals surface area (Å²) in [5.41, 5.74) is 0.944. The molecule has 0 radical (unpaired) electrons. The minimum atomic E-state index is -0.213. The van der Waals surface area contributed by atoms with Gasteiger partial charge in [0.1, 0.15) is 5.82 Å². The molecule has 1 N–H and O–H groups in total. The summed E-state index contributed by atoms with van der Waals surface area (Å²) in [6, 6.07) is 12.3. The molecule has 0 saturated heterocycles. The molecule has 0 amide bonds. The minimum Gasteiger partial charge on any atom is -0.316 e. The maximum Gasteiger partial charge on any atom is 0.124 e. The Morgan fingerprint density at radius 2 is 1.81 bits per heavy atom. The lowest BCUT2D eigenvalue weighted by molar-refractivity contribution is 0.616. The van der Waals surface area contributed by atoms with Gasteiger partial charge in [0.2, 0.25) is 0 Å². The predicted octanol–water partition coefficient (Wildman–Crippen LogP) is 5.06. The lowest BCUT2D eigenvalue weighted by Gasteiger charge is -2.17. The Kier molecular flexibility index (Phi) is 6.37. The molecule has 0 fully saturated rings. The molecule has 1 unspecified atom stereocenters. The number of thioether (sulfide) groups is 1. The Morgan fingerprint density at radius 3 is 2.43 bits per heavy atom. The van der Waals surface area contributed by atoms with Crippen molar-refractivity contribution in [2.24, 2.45) is 0 Å². The molecule has 0 heterocycles. The topological polar surface area (TPSA) is 12.0 Å². The van der Waals surface area contributed by atoms with Gasteiger partial charge in [0.25, 0.3) is 0 Å². The fourth-order valence-electron chi connectivity index (χ4n) is 1.97. The van der Waals surface area contributed by atoms with Crippen LogP contribution in [0.1, 0.15) is 5.56 Å². The van der Waals surface area contributed by atoms with E-state index in [2.05, 4.69) is 5.32 Å². The van der Waals surface area contributed by atoms with Crippen LogP contribution >= 0.6 is 35.0 Å². The molecule has 5 heteroatoms. The van der Waals surface area contributed by atoms with Crippen molar-refractivity contribution >= 4 is 35.0 Å². The number of benzene rings is 2. The van der Waals surface area contributed by atoms with Gasteiger partial charge in [0.15, 0.2) is 0 Å². The number of nitrogens with one attached hydrogen (secondary N) is 1. The first-order valence-electron chi connectivity index (χ1n) is 6.58. The van der Waals surface area contributed by atoms with Gasteiger partial charge in [-0.15, -0.1) is 11.8 Å². The largest absolute Gasteiger partial charge is 0.316 e. The quantitative estimate of drug-likeness (QED) is 0.736. The molecule has 112 valence electrons. The molecule has 2 aromatic carbocycles. The van der Waals surface area contributed by atoms with E-state index < -0.39 is 0 Å². The third-order valence-electron chi connectivity index (χ3n) is 3.17. The molecule has 1 atom stereocenters. The summed E-state index contributed by atoms with van der Waals surface area (Å²) >= 11 is 14.0. The third kappa shape index (κ3) is 4.89. The molecule has 2 aromatic rings. The van der Waals surface area contributed by atoms with E-state index in [1.807, 2.05) is 31.3 Å². The lowest BCUT2D eigenvalue weighted by atomic mass is 10.1. The number of likely N-dealkylation sites (N-methyl/N-ethyl adjacent to an activating group) is 1. The van der Waals surface area contributed by atoms with Crippen LogP contribution < -0.4 is 5.32 Å². The monoisotopic (exact) mass is 343 g/mol. The summed E-state index contributed by atoms with van der Waals surface area (Å²) in [7, 11) is 1.90. The molecule has 0 spiro atoms. The summed E-state index contributed by atoms with van der Waals surface area (Å²) < 4.78 is 13.2. The van der Waals surface area contributed by atoms with Gasteiger partial charge in [-0.05, 0) is 49.4 Å². The van der Waals surface area contributed by atoms with Crippen LogP contribution in [0.3, 0.4) is 0 Å². The van der Waals surface area contributed by atoms with Crippen molar-refractivity contribution in [3.63, 3.8) is 0 Å². The lowest BCUT2D eigenvalue weighted by Crippen LogP contribution is -2.30. The Balaban J connectivity index is 2.00. The Morgan fingerprint density at radius 1 is 1.14 bits per heavy atom. The molecule has 0 saturated carbocycles. The van der Waals surface area contributed by atoms with E-state index in [0.717, 1.165) is 22.6 Å².